The molecule has 0 amide bonds. The van der Waals surface area contributed by atoms with Gasteiger partial charge in [-0.3, -0.25) is 9.36 Å². The second-order valence-corrected chi connectivity index (χ2v) is 4.58. The highest BCUT2D eigenvalue weighted by Crippen LogP contribution is 2.16. The van der Waals surface area contributed by atoms with Crippen molar-refractivity contribution in [3.8, 4) is 5.69 Å². The molecule has 0 aliphatic rings. The van der Waals surface area contributed by atoms with Crippen LogP contribution in [0.1, 0.15) is 0 Å². The van der Waals surface area contributed by atoms with E-state index in [1.54, 1.807) is 10.6 Å². The number of hydrogen-bond acceptors (Lipinski definition) is 2. The Labute approximate surface area is 112 Å². The molecule has 88 valence electrons. The average Bonchev–Trinajstić information content (AvgIpc) is 2.40. The van der Waals surface area contributed by atoms with Gasteiger partial charge in [0.2, 0.25) is 0 Å². The number of nitrogens with zero attached hydrogens (tertiary/aromatic N) is 2. The predicted molar refractivity (Wildman–Crippen MR) is 75.0 cm³/mol. The number of para-hydroxylation sites is 2. The average molecular weight is 301 g/mol. The number of aromatic nitrogens is 2. The summed E-state index contributed by atoms with van der Waals surface area (Å²) < 4.78 is 2.07. The molecule has 0 aliphatic heterocycles. The SMILES string of the molecule is O=c1c2ccccc2nc(Br)n1-c1ccccc1. The van der Waals surface area contributed by atoms with Gasteiger partial charge in [0.05, 0.1) is 16.6 Å². The summed E-state index contributed by atoms with van der Waals surface area (Å²) >= 11 is 3.36. The van der Waals surface area contributed by atoms with E-state index in [1.807, 2.05) is 48.5 Å². The molecule has 0 bridgehead atoms. The highest BCUT2D eigenvalue weighted by atomic mass is 79.9. The topological polar surface area (TPSA) is 34.9 Å². The molecule has 0 aliphatic carbocycles. The van der Waals surface area contributed by atoms with Crippen LogP contribution < -0.4 is 5.56 Å². The Morgan fingerprint density at radius 1 is 0.944 bits per heavy atom. The Morgan fingerprint density at radius 2 is 1.61 bits per heavy atom. The maximum atomic E-state index is 12.4. The third-order valence-electron chi connectivity index (χ3n) is 2.75. The van der Waals surface area contributed by atoms with Crippen LogP contribution in [0, 0.1) is 0 Å². The molecular weight excluding hydrogens is 292 g/mol. The molecular formula is C14H9BrN2O. The molecule has 1 aromatic heterocycles. The summed E-state index contributed by atoms with van der Waals surface area (Å²) in [4.78, 5) is 16.8. The van der Waals surface area contributed by atoms with Gasteiger partial charge in [0, 0.05) is 0 Å². The van der Waals surface area contributed by atoms with Crippen molar-refractivity contribution in [1.29, 1.82) is 0 Å². The van der Waals surface area contributed by atoms with E-state index in [2.05, 4.69) is 20.9 Å². The first-order chi connectivity index (χ1) is 8.77. The van der Waals surface area contributed by atoms with Crippen molar-refractivity contribution < 1.29 is 0 Å². The monoisotopic (exact) mass is 300 g/mol. The Balaban J connectivity index is 2.41. The number of hydrogen-bond donors (Lipinski definition) is 0. The third-order valence-corrected chi connectivity index (χ3v) is 3.28. The smallest absolute Gasteiger partial charge is 0.266 e. The second kappa shape index (κ2) is 4.38. The van der Waals surface area contributed by atoms with Crippen LogP contribution in [0.5, 0.6) is 0 Å². The van der Waals surface area contributed by atoms with Crippen molar-refractivity contribution in [2.75, 3.05) is 0 Å². The lowest BCUT2D eigenvalue weighted by Gasteiger charge is -2.09. The zero-order valence-corrected chi connectivity index (χ0v) is 11.0. The minimum Gasteiger partial charge on any atom is -0.268 e. The van der Waals surface area contributed by atoms with Crippen LogP contribution in [-0.2, 0) is 0 Å². The Bertz CT molecular complexity index is 766. The van der Waals surface area contributed by atoms with Crippen molar-refractivity contribution in [3.63, 3.8) is 0 Å². The highest BCUT2D eigenvalue weighted by molar-refractivity contribution is 9.10. The first-order valence-corrected chi connectivity index (χ1v) is 6.29. The van der Waals surface area contributed by atoms with Gasteiger partial charge in [0.15, 0.2) is 4.73 Å². The summed E-state index contributed by atoms with van der Waals surface area (Å²) in [7, 11) is 0. The molecule has 0 saturated heterocycles. The molecule has 0 N–H and O–H groups in total. The Morgan fingerprint density at radius 3 is 2.39 bits per heavy atom. The summed E-state index contributed by atoms with van der Waals surface area (Å²) in [5, 5.41) is 0.615. The molecule has 0 spiro atoms. The lowest BCUT2D eigenvalue weighted by Crippen LogP contribution is -2.20. The molecule has 3 aromatic rings. The first kappa shape index (κ1) is 11.2. The van der Waals surface area contributed by atoms with Crippen molar-refractivity contribution in [3.05, 3.63) is 69.7 Å². The van der Waals surface area contributed by atoms with Gasteiger partial charge in [-0.1, -0.05) is 30.3 Å². The van der Waals surface area contributed by atoms with Crippen LogP contribution in [0.2, 0.25) is 0 Å². The summed E-state index contributed by atoms with van der Waals surface area (Å²) in [5.74, 6) is 0. The first-order valence-electron chi connectivity index (χ1n) is 5.50. The quantitative estimate of drug-likeness (QED) is 0.647. The van der Waals surface area contributed by atoms with E-state index in [9.17, 15) is 4.79 Å². The summed E-state index contributed by atoms with van der Waals surface area (Å²) in [5.41, 5.74) is 1.42. The maximum Gasteiger partial charge on any atom is 0.266 e. The fourth-order valence-electron chi connectivity index (χ4n) is 1.91. The molecule has 0 radical (unpaired) electrons. The molecule has 2 aromatic carbocycles. The minimum absolute atomic E-state index is 0.0707. The molecule has 4 heteroatoms. The van der Waals surface area contributed by atoms with E-state index in [0.717, 1.165) is 5.69 Å². The fraction of sp³-hybridized carbons (Fsp3) is 0. The van der Waals surface area contributed by atoms with E-state index in [0.29, 0.717) is 15.6 Å². The normalized spacial score (nSPS) is 10.7. The summed E-state index contributed by atoms with van der Waals surface area (Å²) in [6.07, 6.45) is 0. The molecule has 3 nitrogen and oxygen atoms in total. The second-order valence-electron chi connectivity index (χ2n) is 3.87. The van der Waals surface area contributed by atoms with E-state index in [1.165, 1.54) is 0 Å². The zero-order chi connectivity index (χ0) is 12.5. The van der Waals surface area contributed by atoms with Gasteiger partial charge in [0.1, 0.15) is 0 Å². The number of fused-ring (bicyclic) bond motifs is 1. The van der Waals surface area contributed by atoms with Crippen LogP contribution in [0.4, 0.5) is 0 Å². The predicted octanol–water partition coefficient (Wildman–Crippen LogP) is 3.15. The van der Waals surface area contributed by atoms with Crippen LogP contribution in [-0.4, -0.2) is 9.55 Å². The van der Waals surface area contributed by atoms with Gasteiger partial charge < -0.3 is 0 Å². The minimum atomic E-state index is -0.0707. The molecule has 0 saturated carbocycles. The zero-order valence-electron chi connectivity index (χ0n) is 9.38. The fourth-order valence-corrected chi connectivity index (χ4v) is 2.46. The Kier molecular flexibility index (Phi) is 2.72. The van der Waals surface area contributed by atoms with Crippen molar-refractivity contribution in [1.82, 2.24) is 9.55 Å². The maximum absolute atomic E-state index is 12.4. The molecule has 1 heterocycles. The molecule has 18 heavy (non-hydrogen) atoms. The number of benzene rings is 2. The number of halogens is 1. The summed E-state index contributed by atoms with van der Waals surface area (Å²) in [6.45, 7) is 0. The van der Waals surface area contributed by atoms with Crippen LogP contribution in [0.3, 0.4) is 0 Å². The molecule has 3 rings (SSSR count). The standard InChI is InChI=1S/C14H9BrN2O/c15-14-16-12-9-5-4-8-11(12)13(18)17(14)10-6-2-1-3-7-10/h1-9H. The molecule has 0 unspecified atom stereocenters. The summed E-state index contributed by atoms with van der Waals surface area (Å²) in [6, 6.07) is 16.8. The van der Waals surface area contributed by atoms with Gasteiger partial charge in [-0.15, -0.1) is 0 Å². The van der Waals surface area contributed by atoms with Crippen molar-refractivity contribution in [2.24, 2.45) is 0 Å². The lowest BCUT2D eigenvalue weighted by atomic mass is 10.2. The van der Waals surface area contributed by atoms with Gasteiger partial charge in [-0.2, -0.15) is 0 Å². The van der Waals surface area contributed by atoms with Gasteiger partial charge in [0.25, 0.3) is 5.56 Å². The molecule has 0 atom stereocenters. The number of rotatable bonds is 1. The van der Waals surface area contributed by atoms with Gasteiger partial charge in [-0.05, 0) is 40.2 Å². The van der Waals surface area contributed by atoms with Crippen LogP contribution >= 0.6 is 15.9 Å². The largest absolute Gasteiger partial charge is 0.268 e. The highest BCUT2D eigenvalue weighted by Gasteiger charge is 2.09. The van der Waals surface area contributed by atoms with E-state index >= 15 is 0 Å². The van der Waals surface area contributed by atoms with Gasteiger partial charge >= 0.3 is 0 Å². The van der Waals surface area contributed by atoms with Crippen LogP contribution in [0.15, 0.2) is 64.1 Å². The van der Waals surface area contributed by atoms with Gasteiger partial charge in [-0.25, -0.2) is 4.98 Å². The van der Waals surface area contributed by atoms with Crippen LogP contribution in [0.25, 0.3) is 16.6 Å². The van der Waals surface area contributed by atoms with Crippen molar-refractivity contribution >= 4 is 26.8 Å². The van der Waals surface area contributed by atoms with E-state index in [-0.39, 0.29) is 5.56 Å². The van der Waals surface area contributed by atoms with E-state index in [4.69, 9.17) is 0 Å². The lowest BCUT2D eigenvalue weighted by molar-refractivity contribution is 0.924. The van der Waals surface area contributed by atoms with Crippen molar-refractivity contribution in [2.45, 2.75) is 0 Å². The Hall–Kier alpha value is -1.94. The third kappa shape index (κ3) is 1.75. The molecule has 0 fully saturated rings. The van der Waals surface area contributed by atoms with E-state index < -0.39 is 0 Å².